The lowest BCUT2D eigenvalue weighted by Gasteiger charge is -2.22. The summed E-state index contributed by atoms with van der Waals surface area (Å²) in [6.45, 7) is 7.72. The van der Waals surface area contributed by atoms with Gasteiger partial charge in [-0.15, -0.1) is 0 Å². The Morgan fingerprint density at radius 2 is 1.65 bits per heavy atom. The number of ether oxygens (including phenoxy) is 2. The summed E-state index contributed by atoms with van der Waals surface area (Å²) in [4.78, 5) is 11.8. The van der Waals surface area contributed by atoms with Gasteiger partial charge in [0.25, 0.3) is 5.85 Å². The molecule has 1 fully saturated rings. The van der Waals surface area contributed by atoms with Crippen LogP contribution in [-0.4, -0.2) is 30.8 Å². The van der Waals surface area contributed by atoms with Gasteiger partial charge in [0.2, 0.25) is 5.79 Å². The van der Waals surface area contributed by atoms with E-state index in [2.05, 4.69) is 0 Å². The van der Waals surface area contributed by atoms with Crippen molar-refractivity contribution in [1.29, 1.82) is 0 Å². The van der Waals surface area contributed by atoms with Crippen LogP contribution in [0.15, 0.2) is 0 Å². The third-order valence-corrected chi connectivity index (χ3v) is 4.74. The third-order valence-electron chi connectivity index (χ3n) is 2.77. The highest BCUT2D eigenvalue weighted by atomic mass is 31.2. The molecule has 0 aromatic rings. The van der Waals surface area contributed by atoms with Gasteiger partial charge in [0, 0.05) is 13.8 Å². The van der Waals surface area contributed by atoms with Crippen molar-refractivity contribution < 1.29 is 27.9 Å². The number of esters is 1. The summed E-state index contributed by atoms with van der Waals surface area (Å²) in [5.41, 5.74) is 0. The predicted octanol–water partition coefficient (Wildman–Crippen LogP) is 3.45. The molecule has 0 radical (unpaired) electrons. The Bertz CT molecular complexity index is 354. The summed E-state index contributed by atoms with van der Waals surface area (Å²) < 4.78 is 34.0. The van der Waals surface area contributed by atoms with Gasteiger partial charge in [-0.2, -0.15) is 0 Å². The maximum Gasteiger partial charge on any atom is 0.370 e. The van der Waals surface area contributed by atoms with E-state index in [0.29, 0.717) is 0 Å². The van der Waals surface area contributed by atoms with Crippen LogP contribution < -0.4 is 0 Å². The van der Waals surface area contributed by atoms with E-state index >= 15 is 0 Å². The van der Waals surface area contributed by atoms with Gasteiger partial charge in [0.05, 0.1) is 13.2 Å². The van der Waals surface area contributed by atoms with Gasteiger partial charge >= 0.3 is 13.6 Å². The Labute approximate surface area is 120 Å². The van der Waals surface area contributed by atoms with Crippen LogP contribution in [-0.2, 0) is 27.9 Å². The maximum absolute atomic E-state index is 12.8. The fourth-order valence-electron chi connectivity index (χ4n) is 1.67. The van der Waals surface area contributed by atoms with Crippen LogP contribution in [0.1, 0.15) is 53.4 Å². The summed E-state index contributed by atoms with van der Waals surface area (Å²) in [7, 11) is -3.66. The number of carbonyl (C=O) groups is 1. The Balaban J connectivity index is 2.75. The molecular weight excluding hydrogens is 283 g/mol. The van der Waals surface area contributed by atoms with Crippen molar-refractivity contribution in [2.75, 3.05) is 13.2 Å². The molecule has 1 aliphatic rings. The summed E-state index contributed by atoms with van der Waals surface area (Å²) in [6.07, 6.45) is 3.28. The van der Waals surface area contributed by atoms with Crippen molar-refractivity contribution in [2.45, 2.75) is 65.0 Å². The molecular formula is C13H25O6P. The molecule has 1 aliphatic heterocycles. The van der Waals surface area contributed by atoms with E-state index in [4.69, 9.17) is 18.5 Å². The molecule has 1 rings (SSSR count). The molecule has 6 nitrogen and oxygen atoms in total. The van der Waals surface area contributed by atoms with Crippen molar-refractivity contribution in [1.82, 2.24) is 0 Å². The summed E-state index contributed by atoms with van der Waals surface area (Å²) in [6, 6.07) is 0. The Morgan fingerprint density at radius 3 is 2.00 bits per heavy atom. The lowest BCUT2D eigenvalue weighted by molar-refractivity contribution is -0.160. The van der Waals surface area contributed by atoms with Crippen LogP contribution in [0.3, 0.4) is 0 Å². The molecule has 118 valence electrons. The van der Waals surface area contributed by atoms with Crippen molar-refractivity contribution in [2.24, 2.45) is 0 Å². The summed E-state index contributed by atoms with van der Waals surface area (Å²) in [5, 5.41) is 0. The number of carbonyl (C=O) groups excluding carboxylic acids is 1. The van der Waals surface area contributed by atoms with E-state index in [1.807, 2.05) is 13.8 Å². The standard InChI is InChI=1S/C13H25O6P/c1-5-7-9-16-20(15,17-10-8-6-2)12-11(14)18-13(3,4)19-12/h12H,5-10H2,1-4H3. The normalized spacial score (nSPS) is 22.0. The van der Waals surface area contributed by atoms with E-state index in [1.165, 1.54) is 0 Å². The van der Waals surface area contributed by atoms with E-state index in [-0.39, 0.29) is 13.2 Å². The lowest BCUT2D eigenvalue weighted by atomic mass is 10.4. The molecule has 0 aromatic carbocycles. The first-order valence-electron chi connectivity index (χ1n) is 7.14. The minimum Gasteiger partial charge on any atom is -0.431 e. The quantitative estimate of drug-likeness (QED) is 0.369. The molecule has 7 heteroatoms. The fourth-order valence-corrected chi connectivity index (χ4v) is 3.48. The van der Waals surface area contributed by atoms with Crippen molar-refractivity contribution in [3.05, 3.63) is 0 Å². The van der Waals surface area contributed by atoms with Gasteiger partial charge in [-0.05, 0) is 12.8 Å². The zero-order valence-electron chi connectivity index (χ0n) is 12.7. The summed E-state index contributed by atoms with van der Waals surface area (Å²) in [5.74, 6) is -3.07. The van der Waals surface area contributed by atoms with Crippen LogP contribution >= 0.6 is 7.60 Å². The molecule has 0 spiro atoms. The largest absolute Gasteiger partial charge is 0.431 e. The highest BCUT2D eigenvalue weighted by Gasteiger charge is 2.53. The fraction of sp³-hybridized carbons (Fsp3) is 0.923. The monoisotopic (exact) mass is 308 g/mol. The Hall–Kier alpha value is -0.420. The minimum atomic E-state index is -3.66. The Morgan fingerprint density at radius 1 is 1.15 bits per heavy atom. The molecule has 0 aliphatic carbocycles. The van der Waals surface area contributed by atoms with Crippen LogP contribution in [0.25, 0.3) is 0 Å². The first kappa shape index (κ1) is 17.6. The SMILES string of the molecule is CCCCOP(=O)(OCCCC)C1OC(C)(C)OC1=O. The molecule has 0 N–H and O–H groups in total. The molecule has 0 aromatic heterocycles. The Kier molecular flexibility index (Phi) is 6.65. The topological polar surface area (TPSA) is 71.1 Å². The smallest absolute Gasteiger partial charge is 0.370 e. The van der Waals surface area contributed by atoms with Gasteiger partial charge < -0.3 is 18.5 Å². The molecule has 20 heavy (non-hydrogen) atoms. The second-order valence-electron chi connectivity index (χ2n) is 5.20. The van der Waals surface area contributed by atoms with Gasteiger partial charge in [0.1, 0.15) is 0 Å². The van der Waals surface area contributed by atoms with Crippen molar-refractivity contribution in [3.8, 4) is 0 Å². The number of hydrogen-bond acceptors (Lipinski definition) is 6. The molecule has 1 atom stereocenters. The van der Waals surface area contributed by atoms with Crippen LogP contribution in [0, 0.1) is 0 Å². The zero-order valence-corrected chi connectivity index (χ0v) is 13.6. The molecule has 1 unspecified atom stereocenters. The second kappa shape index (κ2) is 7.55. The summed E-state index contributed by atoms with van der Waals surface area (Å²) >= 11 is 0. The van der Waals surface area contributed by atoms with E-state index in [9.17, 15) is 9.36 Å². The average molecular weight is 308 g/mol. The molecule has 1 saturated heterocycles. The van der Waals surface area contributed by atoms with Gasteiger partial charge in [-0.25, -0.2) is 4.79 Å². The number of unbranched alkanes of at least 4 members (excludes halogenated alkanes) is 2. The third kappa shape index (κ3) is 4.85. The van der Waals surface area contributed by atoms with Gasteiger partial charge in [-0.3, -0.25) is 4.57 Å². The molecule has 0 bridgehead atoms. The van der Waals surface area contributed by atoms with Crippen LogP contribution in [0.4, 0.5) is 0 Å². The van der Waals surface area contributed by atoms with Crippen LogP contribution in [0.5, 0.6) is 0 Å². The van der Waals surface area contributed by atoms with Crippen LogP contribution in [0.2, 0.25) is 0 Å². The zero-order chi connectivity index (χ0) is 15.2. The highest BCUT2D eigenvalue weighted by molar-refractivity contribution is 7.55. The molecule has 1 heterocycles. The molecule has 0 saturated carbocycles. The number of rotatable bonds is 9. The maximum atomic E-state index is 12.8. The van der Waals surface area contributed by atoms with Crippen molar-refractivity contribution >= 4 is 13.6 Å². The second-order valence-corrected chi connectivity index (χ2v) is 7.27. The first-order valence-corrected chi connectivity index (χ1v) is 8.75. The lowest BCUT2D eigenvalue weighted by Crippen LogP contribution is -2.23. The average Bonchev–Trinajstić information content (AvgIpc) is 2.64. The van der Waals surface area contributed by atoms with E-state index in [1.54, 1.807) is 13.8 Å². The predicted molar refractivity (Wildman–Crippen MR) is 74.4 cm³/mol. The first-order chi connectivity index (χ1) is 9.34. The number of cyclic esters (lactones) is 1. The van der Waals surface area contributed by atoms with Gasteiger partial charge in [0.15, 0.2) is 0 Å². The van der Waals surface area contributed by atoms with Gasteiger partial charge in [-0.1, -0.05) is 26.7 Å². The number of hydrogen-bond donors (Lipinski definition) is 0. The van der Waals surface area contributed by atoms with Crippen molar-refractivity contribution in [3.63, 3.8) is 0 Å². The van der Waals surface area contributed by atoms with E-state index in [0.717, 1.165) is 25.7 Å². The minimum absolute atomic E-state index is 0.271. The van der Waals surface area contributed by atoms with E-state index < -0.39 is 25.2 Å². The highest BCUT2D eigenvalue weighted by Crippen LogP contribution is 2.57. The molecule has 0 amide bonds.